The molecular weight excluding hydrogens is 196 g/mol. The molecule has 15 heavy (non-hydrogen) atoms. The maximum Gasteiger partial charge on any atom is 0.127 e. The summed E-state index contributed by atoms with van der Waals surface area (Å²) in [5.74, 6) is -0.798. The smallest absolute Gasteiger partial charge is 0.127 e. The van der Waals surface area contributed by atoms with E-state index < -0.39 is 5.82 Å². The van der Waals surface area contributed by atoms with E-state index in [1.807, 2.05) is 6.92 Å². The predicted molar refractivity (Wildman–Crippen MR) is 57.5 cm³/mol. The van der Waals surface area contributed by atoms with Crippen molar-refractivity contribution in [1.82, 2.24) is 5.32 Å². The van der Waals surface area contributed by atoms with Gasteiger partial charge in [-0.3, -0.25) is 0 Å². The molecule has 0 aliphatic heterocycles. The van der Waals surface area contributed by atoms with E-state index in [0.717, 1.165) is 24.1 Å². The summed E-state index contributed by atoms with van der Waals surface area (Å²) in [6.07, 6.45) is 0.888. The van der Waals surface area contributed by atoms with Gasteiger partial charge in [0.1, 0.15) is 11.6 Å². The third-order valence-electron chi connectivity index (χ3n) is 2.20. The molecule has 0 saturated heterocycles. The van der Waals surface area contributed by atoms with E-state index in [9.17, 15) is 8.78 Å². The standard InChI is InChI=1S/C12H15F2N/c1-3-9(2)7-15-8-10-6-11(13)4-5-12(10)14/h4-6,15H,2-3,7-8H2,1H3. The number of benzene rings is 1. The fourth-order valence-electron chi connectivity index (χ4n) is 1.18. The molecule has 0 atom stereocenters. The van der Waals surface area contributed by atoms with Gasteiger partial charge in [-0.15, -0.1) is 0 Å². The topological polar surface area (TPSA) is 12.0 Å². The summed E-state index contributed by atoms with van der Waals surface area (Å²) >= 11 is 0. The van der Waals surface area contributed by atoms with Gasteiger partial charge < -0.3 is 5.32 Å². The molecule has 0 aromatic heterocycles. The first kappa shape index (κ1) is 11.9. The van der Waals surface area contributed by atoms with Crippen molar-refractivity contribution in [2.75, 3.05) is 6.54 Å². The summed E-state index contributed by atoms with van der Waals surface area (Å²) in [4.78, 5) is 0. The van der Waals surface area contributed by atoms with Gasteiger partial charge in [0.2, 0.25) is 0 Å². The van der Waals surface area contributed by atoms with Gasteiger partial charge >= 0.3 is 0 Å². The van der Waals surface area contributed by atoms with Gasteiger partial charge in [-0.05, 0) is 24.6 Å². The van der Waals surface area contributed by atoms with Crippen molar-refractivity contribution in [3.63, 3.8) is 0 Å². The first-order chi connectivity index (χ1) is 7.13. The predicted octanol–water partition coefficient (Wildman–Crippen LogP) is 3.02. The molecule has 1 aromatic rings. The van der Waals surface area contributed by atoms with Gasteiger partial charge in [-0.25, -0.2) is 8.78 Å². The molecule has 0 amide bonds. The lowest BCUT2D eigenvalue weighted by atomic mass is 10.2. The molecule has 3 heteroatoms. The minimum absolute atomic E-state index is 0.322. The van der Waals surface area contributed by atoms with Crippen LogP contribution in [0.25, 0.3) is 0 Å². The Morgan fingerprint density at radius 1 is 1.40 bits per heavy atom. The third-order valence-corrected chi connectivity index (χ3v) is 2.20. The van der Waals surface area contributed by atoms with E-state index in [1.165, 1.54) is 6.07 Å². The van der Waals surface area contributed by atoms with E-state index >= 15 is 0 Å². The number of hydrogen-bond acceptors (Lipinski definition) is 1. The van der Waals surface area contributed by atoms with Crippen molar-refractivity contribution >= 4 is 0 Å². The van der Waals surface area contributed by atoms with Crippen LogP contribution in [-0.2, 0) is 6.54 Å². The molecule has 0 saturated carbocycles. The molecule has 1 N–H and O–H groups in total. The minimum atomic E-state index is -0.414. The second-order valence-corrected chi connectivity index (χ2v) is 3.44. The molecule has 0 aliphatic rings. The Balaban J connectivity index is 2.50. The first-order valence-electron chi connectivity index (χ1n) is 4.94. The Morgan fingerprint density at radius 3 is 2.80 bits per heavy atom. The van der Waals surface area contributed by atoms with Crippen LogP contribution in [-0.4, -0.2) is 6.54 Å². The lowest BCUT2D eigenvalue weighted by molar-refractivity contribution is 0.573. The molecule has 1 aromatic carbocycles. The van der Waals surface area contributed by atoms with E-state index in [2.05, 4.69) is 11.9 Å². The van der Waals surface area contributed by atoms with Crippen molar-refractivity contribution < 1.29 is 8.78 Å². The molecular formula is C12H15F2N. The highest BCUT2D eigenvalue weighted by Gasteiger charge is 2.02. The molecule has 0 aliphatic carbocycles. The maximum absolute atomic E-state index is 13.1. The maximum atomic E-state index is 13.1. The third kappa shape index (κ3) is 3.80. The van der Waals surface area contributed by atoms with E-state index in [-0.39, 0.29) is 5.82 Å². The van der Waals surface area contributed by atoms with Crippen LogP contribution in [0.1, 0.15) is 18.9 Å². The molecule has 1 rings (SSSR count). The summed E-state index contributed by atoms with van der Waals surface area (Å²) in [6, 6.07) is 3.46. The number of nitrogens with one attached hydrogen (secondary N) is 1. The van der Waals surface area contributed by atoms with Crippen molar-refractivity contribution in [1.29, 1.82) is 0 Å². The lowest BCUT2D eigenvalue weighted by Gasteiger charge is -2.06. The van der Waals surface area contributed by atoms with Crippen LogP contribution < -0.4 is 5.32 Å². The van der Waals surface area contributed by atoms with Gasteiger partial charge in [0, 0.05) is 18.7 Å². The Morgan fingerprint density at radius 2 is 2.13 bits per heavy atom. The second-order valence-electron chi connectivity index (χ2n) is 3.44. The average Bonchev–Trinajstić information content (AvgIpc) is 2.23. The normalized spacial score (nSPS) is 10.3. The fraction of sp³-hybridized carbons (Fsp3) is 0.333. The van der Waals surface area contributed by atoms with E-state index in [0.29, 0.717) is 18.7 Å². The van der Waals surface area contributed by atoms with Gasteiger partial charge in [0.05, 0.1) is 0 Å². The summed E-state index contributed by atoms with van der Waals surface area (Å²) in [7, 11) is 0. The summed E-state index contributed by atoms with van der Waals surface area (Å²) in [5.41, 5.74) is 1.39. The molecule has 0 heterocycles. The molecule has 0 unspecified atom stereocenters. The molecule has 0 fully saturated rings. The lowest BCUT2D eigenvalue weighted by Crippen LogP contribution is -2.16. The molecule has 82 valence electrons. The zero-order valence-corrected chi connectivity index (χ0v) is 8.82. The van der Waals surface area contributed by atoms with E-state index in [4.69, 9.17) is 0 Å². The zero-order chi connectivity index (χ0) is 11.3. The molecule has 0 radical (unpaired) electrons. The van der Waals surface area contributed by atoms with Gasteiger partial charge in [0.15, 0.2) is 0 Å². The van der Waals surface area contributed by atoms with Crippen molar-refractivity contribution in [2.24, 2.45) is 0 Å². The van der Waals surface area contributed by atoms with Crippen LogP contribution in [0.5, 0.6) is 0 Å². The van der Waals surface area contributed by atoms with Crippen LogP contribution in [0.15, 0.2) is 30.4 Å². The van der Waals surface area contributed by atoms with Crippen LogP contribution in [0, 0.1) is 11.6 Å². The van der Waals surface area contributed by atoms with Gasteiger partial charge in [-0.2, -0.15) is 0 Å². The van der Waals surface area contributed by atoms with Crippen molar-refractivity contribution in [3.05, 3.63) is 47.5 Å². The zero-order valence-electron chi connectivity index (χ0n) is 8.82. The summed E-state index contributed by atoms with van der Waals surface area (Å²) in [6.45, 7) is 6.77. The molecule has 0 spiro atoms. The number of hydrogen-bond donors (Lipinski definition) is 1. The monoisotopic (exact) mass is 211 g/mol. The minimum Gasteiger partial charge on any atom is -0.309 e. The first-order valence-corrected chi connectivity index (χ1v) is 4.94. The Hall–Kier alpha value is -1.22. The average molecular weight is 211 g/mol. The van der Waals surface area contributed by atoms with Crippen LogP contribution in [0.2, 0.25) is 0 Å². The van der Waals surface area contributed by atoms with Crippen LogP contribution in [0.4, 0.5) is 8.78 Å². The highest BCUT2D eigenvalue weighted by Crippen LogP contribution is 2.09. The van der Waals surface area contributed by atoms with Crippen molar-refractivity contribution in [3.8, 4) is 0 Å². The Kier molecular flexibility index (Phi) is 4.43. The quantitative estimate of drug-likeness (QED) is 0.738. The summed E-state index contributed by atoms with van der Waals surface area (Å²) < 4.78 is 25.9. The highest BCUT2D eigenvalue weighted by molar-refractivity contribution is 5.18. The van der Waals surface area contributed by atoms with Gasteiger partial charge in [-0.1, -0.05) is 19.1 Å². The number of rotatable bonds is 5. The van der Waals surface area contributed by atoms with Crippen LogP contribution >= 0.6 is 0 Å². The van der Waals surface area contributed by atoms with Gasteiger partial charge in [0.25, 0.3) is 0 Å². The SMILES string of the molecule is C=C(CC)CNCc1cc(F)ccc1F. The fourth-order valence-corrected chi connectivity index (χ4v) is 1.18. The molecule has 0 bridgehead atoms. The van der Waals surface area contributed by atoms with Crippen molar-refractivity contribution in [2.45, 2.75) is 19.9 Å². The molecule has 1 nitrogen and oxygen atoms in total. The second kappa shape index (κ2) is 5.61. The largest absolute Gasteiger partial charge is 0.309 e. The highest BCUT2D eigenvalue weighted by atomic mass is 19.1. The Bertz CT molecular complexity index is 347. The van der Waals surface area contributed by atoms with E-state index in [1.54, 1.807) is 0 Å². The Labute approximate surface area is 88.8 Å². The van der Waals surface area contributed by atoms with Crippen LogP contribution in [0.3, 0.4) is 0 Å². The number of halogens is 2. The summed E-state index contributed by atoms with van der Waals surface area (Å²) in [5, 5.41) is 3.01.